The summed E-state index contributed by atoms with van der Waals surface area (Å²) in [4.78, 5) is 50.8. The number of nitrogens with zero attached hydrogens (tertiary/aromatic N) is 7. The molecule has 2 aromatic carbocycles. The minimum absolute atomic E-state index is 0.0918. The maximum Gasteiger partial charge on any atom is 0.405 e. The summed E-state index contributed by atoms with van der Waals surface area (Å²) in [6, 6.07) is 17.2. The van der Waals surface area contributed by atoms with E-state index < -0.39 is 36.8 Å². The maximum absolute atomic E-state index is 14.0. The van der Waals surface area contributed by atoms with Crippen molar-refractivity contribution >= 4 is 40.7 Å². The molecule has 0 atom stereocenters. The van der Waals surface area contributed by atoms with Crippen molar-refractivity contribution in [2.24, 2.45) is 0 Å². The molecule has 55 heavy (non-hydrogen) atoms. The molecule has 3 N–H and O–H groups in total. The van der Waals surface area contributed by atoms with Crippen LogP contribution >= 0.6 is 0 Å². The summed E-state index contributed by atoms with van der Waals surface area (Å²) in [6.45, 7) is 2.75. The van der Waals surface area contributed by atoms with Crippen molar-refractivity contribution in [1.29, 1.82) is 0 Å². The normalized spacial score (nSPS) is 15.4. The van der Waals surface area contributed by atoms with E-state index in [0.717, 1.165) is 49.4 Å². The molecule has 0 saturated carbocycles. The molecule has 2 fully saturated rings. The number of pyridine rings is 1. The van der Waals surface area contributed by atoms with E-state index in [2.05, 4.69) is 40.8 Å². The smallest absolute Gasteiger partial charge is 0.405 e. The first-order valence-electron chi connectivity index (χ1n) is 17.1. The number of urea groups is 1. The third-order valence-corrected chi connectivity index (χ3v) is 8.95. The molecule has 5 heterocycles. The molecular weight excluding hydrogens is 731 g/mol. The first-order valence-corrected chi connectivity index (χ1v) is 17.1. The highest BCUT2D eigenvalue weighted by molar-refractivity contribution is 6.05. The minimum atomic E-state index is -4.46. The molecule has 19 heteroatoms. The largest absolute Gasteiger partial charge is 0.444 e. The van der Waals surface area contributed by atoms with Crippen molar-refractivity contribution in [3.8, 4) is 17.1 Å². The van der Waals surface area contributed by atoms with Crippen molar-refractivity contribution in [3.05, 3.63) is 96.3 Å². The van der Waals surface area contributed by atoms with Crippen LogP contribution in [-0.2, 0) is 11.3 Å². The van der Waals surface area contributed by atoms with Gasteiger partial charge in [-0.15, -0.1) is 0 Å². The standard InChI is InChI=1S/C36H33F5N10O4/c37-32(38)31-27(44-33(53)28-20-55-34(45-28)23-8-10-42-29(17-23)43-21-36(39,40)41)19-51(47-31)25-6-4-24(5-7-25)49-14-12-48(13-15-49)18-22-2-1-3-26(16-22)50-11-9-30(52)46-35(50)54/h1-8,10,16-17,19-20,32H,9,11-15,18,21H2,(H,42,43)(H,44,53)(H,46,52,54). The molecule has 3 aromatic heterocycles. The van der Waals surface area contributed by atoms with E-state index in [1.165, 1.54) is 29.2 Å². The number of piperazine rings is 1. The van der Waals surface area contributed by atoms with Gasteiger partial charge < -0.3 is 20.0 Å². The molecule has 0 radical (unpaired) electrons. The molecule has 2 aliphatic rings. The first kappa shape index (κ1) is 37.0. The van der Waals surface area contributed by atoms with Crippen molar-refractivity contribution in [3.63, 3.8) is 0 Å². The number of benzene rings is 2. The quantitative estimate of drug-likeness (QED) is 0.140. The molecule has 2 saturated heterocycles. The Labute approximate surface area is 309 Å². The van der Waals surface area contributed by atoms with Gasteiger partial charge in [-0.2, -0.15) is 18.3 Å². The van der Waals surface area contributed by atoms with Crippen molar-refractivity contribution < 1.29 is 40.8 Å². The number of imide groups is 1. The van der Waals surface area contributed by atoms with Crippen molar-refractivity contribution in [1.82, 2.24) is 30.0 Å². The minimum Gasteiger partial charge on any atom is -0.444 e. The lowest BCUT2D eigenvalue weighted by atomic mass is 10.1. The second kappa shape index (κ2) is 15.5. The Morgan fingerprint density at radius 2 is 1.71 bits per heavy atom. The van der Waals surface area contributed by atoms with E-state index in [-0.39, 0.29) is 41.0 Å². The first-order chi connectivity index (χ1) is 26.4. The van der Waals surface area contributed by atoms with Gasteiger partial charge in [0.1, 0.15) is 18.6 Å². The average molecular weight is 765 g/mol. The Bertz CT molecular complexity index is 2180. The average Bonchev–Trinajstić information content (AvgIpc) is 3.83. The van der Waals surface area contributed by atoms with Gasteiger partial charge in [-0.05, 0) is 54.1 Å². The van der Waals surface area contributed by atoms with Crippen LogP contribution in [0.3, 0.4) is 0 Å². The summed E-state index contributed by atoms with van der Waals surface area (Å²) in [7, 11) is 0. The third-order valence-electron chi connectivity index (χ3n) is 8.95. The fraction of sp³-hybridized carbons (Fsp3) is 0.278. The van der Waals surface area contributed by atoms with Crippen LogP contribution < -0.4 is 25.8 Å². The number of oxazole rings is 1. The molecule has 5 aromatic rings. The molecule has 0 spiro atoms. The van der Waals surface area contributed by atoms with E-state index in [1.807, 2.05) is 36.4 Å². The van der Waals surface area contributed by atoms with Crippen LogP contribution in [0, 0.1) is 0 Å². The van der Waals surface area contributed by atoms with Crippen LogP contribution in [0.15, 0.2) is 83.7 Å². The zero-order chi connectivity index (χ0) is 38.7. The highest BCUT2D eigenvalue weighted by Crippen LogP contribution is 2.29. The number of alkyl halides is 5. The Balaban J connectivity index is 0.955. The summed E-state index contributed by atoms with van der Waals surface area (Å²) < 4.78 is 72.4. The van der Waals surface area contributed by atoms with E-state index in [4.69, 9.17) is 4.42 Å². The van der Waals surface area contributed by atoms with Gasteiger partial charge in [0.15, 0.2) is 11.4 Å². The number of carbonyl (C=O) groups is 3. The van der Waals surface area contributed by atoms with Gasteiger partial charge in [0, 0.05) is 68.8 Å². The van der Waals surface area contributed by atoms with Crippen LogP contribution in [0.4, 0.5) is 49.6 Å². The molecule has 7 rings (SSSR count). The number of anilines is 4. The predicted molar refractivity (Wildman–Crippen MR) is 190 cm³/mol. The fourth-order valence-corrected chi connectivity index (χ4v) is 6.20. The Morgan fingerprint density at radius 3 is 2.44 bits per heavy atom. The topological polar surface area (TPSA) is 154 Å². The lowest BCUT2D eigenvalue weighted by Gasteiger charge is -2.36. The molecule has 14 nitrogen and oxygen atoms in total. The number of carbonyl (C=O) groups excluding carboxylic acids is 3. The number of hydrogen-bond donors (Lipinski definition) is 3. The van der Waals surface area contributed by atoms with E-state index >= 15 is 0 Å². The zero-order valence-electron chi connectivity index (χ0n) is 28.9. The summed E-state index contributed by atoms with van der Waals surface area (Å²) >= 11 is 0. The van der Waals surface area contributed by atoms with Crippen LogP contribution in [0.5, 0.6) is 0 Å². The number of halogens is 5. The van der Waals surface area contributed by atoms with Crippen molar-refractivity contribution in [2.45, 2.75) is 25.6 Å². The molecule has 0 unspecified atom stereocenters. The van der Waals surface area contributed by atoms with Crippen LogP contribution in [0.25, 0.3) is 17.1 Å². The lowest BCUT2D eigenvalue weighted by molar-refractivity contribution is -0.120. The Morgan fingerprint density at radius 1 is 0.945 bits per heavy atom. The highest BCUT2D eigenvalue weighted by atomic mass is 19.4. The summed E-state index contributed by atoms with van der Waals surface area (Å²) in [5, 5.41) is 10.9. The summed E-state index contributed by atoms with van der Waals surface area (Å²) in [6.07, 6.45) is -3.72. The van der Waals surface area contributed by atoms with Gasteiger partial charge in [-0.1, -0.05) is 12.1 Å². The second-order valence-corrected chi connectivity index (χ2v) is 12.8. The monoisotopic (exact) mass is 764 g/mol. The maximum atomic E-state index is 14.0. The van der Waals surface area contributed by atoms with Gasteiger partial charge in [-0.25, -0.2) is 28.2 Å². The molecular formula is C36H33F5N10O4. The second-order valence-electron chi connectivity index (χ2n) is 12.8. The molecule has 286 valence electrons. The predicted octanol–water partition coefficient (Wildman–Crippen LogP) is 5.85. The molecule has 0 bridgehead atoms. The number of aromatic nitrogens is 4. The summed E-state index contributed by atoms with van der Waals surface area (Å²) in [5.74, 6) is -1.33. The zero-order valence-corrected chi connectivity index (χ0v) is 28.9. The van der Waals surface area contributed by atoms with Crippen molar-refractivity contribution in [2.75, 3.05) is 59.7 Å². The van der Waals surface area contributed by atoms with E-state index in [0.29, 0.717) is 18.8 Å². The van der Waals surface area contributed by atoms with Gasteiger partial charge in [0.25, 0.3) is 12.3 Å². The Hall–Kier alpha value is -6.37. The summed E-state index contributed by atoms with van der Waals surface area (Å²) in [5.41, 5.74) is 2.27. The van der Waals surface area contributed by atoms with Gasteiger partial charge in [0.2, 0.25) is 11.8 Å². The highest BCUT2D eigenvalue weighted by Gasteiger charge is 2.28. The van der Waals surface area contributed by atoms with E-state index in [1.54, 1.807) is 17.0 Å². The SMILES string of the molecule is O=C1CCN(c2cccc(CN3CCN(c4ccc(-n5cc(NC(=O)c6coc(-c7ccnc(NCC(F)(F)F)c7)n6)c(C(F)F)n5)cc4)CC3)c2)C(=O)N1. The number of amides is 4. The Kier molecular flexibility index (Phi) is 10.4. The fourth-order valence-electron chi connectivity index (χ4n) is 6.20. The van der Waals surface area contributed by atoms with E-state index in [9.17, 15) is 36.3 Å². The lowest BCUT2D eigenvalue weighted by Crippen LogP contribution is -2.49. The number of hydrogen-bond acceptors (Lipinski definition) is 10. The van der Waals surface area contributed by atoms with Gasteiger partial charge in [-0.3, -0.25) is 24.7 Å². The molecule has 0 aliphatic carbocycles. The number of rotatable bonds is 11. The molecule has 2 aliphatic heterocycles. The third kappa shape index (κ3) is 8.89. The van der Waals surface area contributed by atoms with Gasteiger partial charge >= 0.3 is 12.2 Å². The number of nitrogens with one attached hydrogen (secondary N) is 3. The van der Waals surface area contributed by atoms with Crippen LogP contribution in [0.1, 0.15) is 34.6 Å². The van der Waals surface area contributed by atoms with Crippen LogP contribution in [-0.4, -0.2) is 87.9 Å². The van der Waals surface area contributed by atoms with Gasteiger partial charge in [0.05, 0.1) is 17.6 Å². The van der Waals surface area contributed by atoms with Crippen LogP contribution in [0.2, 0.25) is 0 Å². The molecule has 4 amide bonds.